The van der Waals surface area contributed by atoms with Gasteiger partial charge < -0.3 is 19.4 Å². The molecule has 4 aliphatic rings. The molecule has 45 heavy (non-hydrogen) atoms. The van der Waals surface area contributed by atoms with Gasteiger partial charge in [0.05, 0.1) is 24.8 Å². The van der Waals surface area contributed by atoms with Gasteiger partial charge in [0.25, 0.3) is 0 Å². The normalized spacial score (nSPS) is 24.6. The molecule has 2 aromatic carbocycles. The van der Waals surface area contributed by atoms with E-state index >= 15 is 4.39 Å². The van der Waals surface area contributed by atoms with Crippen molar-refractivity contribution in [3.05, 3.63) is 64.6 Å². The van der Waals surface area contributed by atoms with E-state index < -0.39 is 11.6 Å². The van der Waals surface area contributed by atoms with Gasteiger partial charge in [-0.1, -0.05) is 6.58 Å². The second-order valence-corrected chi connectivity index (χ2v) is 14.3. The lowest BCUT2D eigenvalue weighted by Crippen LogP contribution is -2.58. The van der Waals surface area contributed by atoms with Gasteiger partial charge in [0, 0.05) is 70.4 Å². The Hall–Kier alpha value is -3.28. The van der Waals surface area contributed by atoms with Crippen molar-refractivity contribution in [1.82, 2.24) is 19.4 Å². The molecule has 0 saturated carbocycles. The number of likely N-dealkylation sites (tertiary alicyclic amines) is 1. The van der Waals surface area contributed by atoms with Crippen LogP contribution in [0.2, 0.25) is 0 Å². The maximum absolute atomic E-state index is 15.3. The Kier molecular flexibility index (Phi) is 7.77. The molecule has 1 aromatic heterocycles. The van der Waals surface area contributed by atoms with Gasteiger partial charge in [-0.2, -0.15) is 4.98 Å². The second kappa shape index (κ2) is 11.5. The summed E-state index contributed by atoms with van der Waals surface area (Å²) in [6.07, 6.45) is 3.52. The summed E-state index contributed by atoms with van der Waals surface area (Å²) < 4.78 is 36.6. The van der Waals surface area contributed by atoms with Crippen LogP contribution < -0.4 is 10.6 Å². The number of hydrogen-bond acceptors (Lipinski definition) is 7. The van der Waals surface area contributed by atoms with E-state index in [1.165, 1.54) is 18.2 Å². The molecule has 0 radical (unpaired) electrons. The van der Waals surface area contributed by atoms with Crippen LogP contribution in [0.25, 0.3) is 22.0 Å². The van der Waals surface area contributed by atoms with Gasteiger partial charge in [0.15, 0.2) is 0 Å². The standard InChI is InChI=1S/C34H39F2N5O3S/c1-5-28(42)39-14-22(4)40(15-21(39)3)32-26-12-20(2)29(25-7-6-23(35)13-27(25)36)31-30(26)41(33(43)37-32)24(17-45-31)16-38-10-8-34(9-11-38)18-44-19-34/h5-7,12-13,21-22,24H,1,8-11,14-19H2,2-4H3/t21-,22+,24+/m1/s1. The van der Waals surface area contributed by atoms with Crippen molar-refractivity contribution in [3.63, 3.8) is 0 Å². The Balaban J connectivity index is 1.35. The van der Waals surface area contributed by atoms with Crippen molar-refractivity contribution >= 4 is 34.4 Å². The first-order valence-electron chi connectivity index (χ1n) is 15.8. The van der Waals surface area contributed by atoms with E-state index in [9.17, 15) is 14.0 Å². The third-order valence-electron chi connectivity index (χ3n) is 10.2. The van der Waals surface area contributed by atoms with Crippen LogP contribution in [-0.2, 0) is 9.53 Å². The summed E-state index contributed by atoms with van der Waals surface area (Å²) >= 11 is 1.64. The number of thioether (sulfide) groups is 1. The topological polar surface area (TPSA) is 70.9 Å². The molecule has 3 atom stereocenters. The molecule has 0 unspecified atom stereocenters. The first-order valence-corrected chi connectivity index (χ1v) is 16.8. The van der Waals surface area contributed by atoms with Crippen LogP contribution in [0, 0.1) is 24.0 Å². The Morgan fingerprint density at radius 1 is 1.16 bits per heavy atom. The maximum atomic E-state index is 15.3. The molecule has 3 fully saturated rings. The number of benzene rings is 2. The highest BCUT2D eigenvalue weighted by Gasteiger charge is 2.42. The van der Waals surface area contributed by atoms with Crippen LogP contribution in [0.15, 0.2) is 46.6 Å². The largest absolute Gasteiger partial charge is 0.380 e. The fraction of sp³-hybridized carbons (Fsp3) is 0.500. The molecule has 3 saturated heterocycles. The van der Waals surface area contributed by atoms with E-state index in [0.717, 1.165) is 73.1 Å². The van der Waals surface area contributed by atoms with Gasteiger partial charge in [0.2, 0.25) is 5.91 Å². The van der Waals surface area contributed by atoms with Gasteiger partial charge in [-0.15, -0.1) is 11.8 Å². The number of piperidine rings is 1. The smallest absolute Gasteiger partial charge is 0.350 e. The summed E-state index contributed by atoms with van der Waals surface area (Å²) in [6.45, 7) is 14.9. The molecule has 0 bridgehead atoms. The molecule has 11 heteroatoms. The Labute approximate surface area is 266 Å². The number of nitrogens with zero attached hydrogens (tertiary/aromatic N) is 5. The summed E-state index contributed by atoms with van der Waals surface area (Å²) in [7, 11) is 0. The lowest BCUT2D eigenvalue weighted by Gasteiger charge is -2.48. The van der Waals surface area contributed by atoms with Crippen LogP contribution in [0.3, 0.4) is 0 Å². The molecule has 8 nitrogen and oxygen atoms in total. The zero-order valence-corrected chi connectivity index (χ0v) is 26.8. The van der Waals surface area contributed by atoms with Gasteiger partial charge in [-0.25, -0.2) is 13.6 Å². The highest BCUT2D eigenvalue weighted by molar-refractivity contribution is 7.99. The minimum atomic E-state index is -0.632. The van der Waals surface area contributed by atoms with Crippen LogP contribution in [0.1, 0.15) is 38.3 Å². The fourth-order valence-electron chi connectivity index (χ4n) is 7.63. The number of hydrogen-bond donors (Lipinski definition) is 0. The summed E-state index contributed by atoms with van der Waals surface area (Å²) in [6, 6.07) is 5.35. The first-order chi connectivity index (χ1) is 21.6. The SMILES string of the molecule is C=CC(=O)N1C[C@H](C)N(c2nc(=O)n3c4c(c(-c5ccc(F)cc5F)c(C)cc24)SC[C@@H]3CN2CCC3(CC2)COC3)C[C@H]1C. The zero-order valence-electron chi connectivity index (χ0n) is 26.0. The van der Waals surface area contributed by atoms with Crippen molar-refractivity contribution in [3.8, 4) is 11.1 Å². The number of rotatable bonds is 5. The highest BCUT2D eigenvalue weighted by Crippen LogP contribution is 2.47. The lowest BCUT2D eigenvalue weighted by molar-refractivity contribution is -0.140. The Morgan fingerprint density at radius 3 is 2.58 bits per heavy atom. The second-order valence-electron chi connectivity index (χ2n) is 13.3. The number of carbonyl (C=O) groups excluding carboxylic acids is 1. The third kappa shape index (κ3) is 5.16. The van der Waals surface area contributed by atoms with E-state index in [2.05, 4.69) is 16.4 Å². The average Bonchev–Trinajstić information content (AvgIpc) is 3.00. The van der Waals surface area contributed by atoms with Crippen molar-refractivity contribution in [2.24, 2.45) is 5.41 Å². The quantitative estimate of drug-likeness (QED) is 0.365. The molecule has 5 heterocycles. The molecule has 1 amide bonds. The zero-order chi connectivity index (χ0) is 31.6. The van der Waals surface area contributed by atoms with E-state index in [0.29, 0.717) is 41.2 Å². The minimum Gasteiger partial charge on any atom is -0.380 e. The van der Waals surface area contributed by atoms with E-state index in [4.69, 9.17) is 9.72 Å². The van der Waals surface area contributed by atoms with Crippen LogP contribution >= 0.6 is 11.8 Å². The van der Waals surface area contributed by atoms with Gasteiger partial charge >= 0.3 is 5.69 Å². The average molecular weight is 636 g/mol. The van der Waals surface area contributed by atoms with E-state index in [1.807, 2.05) is 31.4 Å². The molecule has 3 aromatic rings. The number of piperazine rings is 1. The Bertz CT molecular complexity index is 1750. The molecule has 0 aliphatic carbocycles. The fourth-order valence-corrected chi connectivity index (χ4v) is 9.01. The van der Waals surface area contributed by atoms with Crippen LogP contribution in [0.4, 0.5) is 14.6 Å². The number of carbonyl (C=O) groups is 1. The first kappa shape index (κ1) is 30.4. The van der Waals surface area contributed by atoms with Crippen LogP contribution in [0.5, 0.6) is 0 Å². The van der Waals surface area contributed by atoms with Crippen molar-refractivity contribution < 1.29 is 18.3 Å². The van der Waals surface area contributed by atoms with Crippen molar-refractivity contribution in [1.29, 1.82) is 0 Å². The number of amides is 1. The highest BCUT2D eigenvalue weighted by atomic mass is 32.2. The van der Waals surface area contributed by atoms with Crippen molar-refractivity contribution in [2.75, 3.05) is 56.6 Å². The number of aryl methyl sites for hydroxylation is 1. The maximum Gasteiger partial charge on any atom is 0.350 e. The molecule has 238 valence electrons. The molecule has 0 N–H and O–H groups in total. The number of aromatic nitrogens is 2. The van der Waals surface area contributed by atoms with E-state index in [-0.39, 0.29) is 29.7 Å². The van der Waals surface area contributed by atoms with Crippen molar-refractivity contribution in [2.45, 2.75) is 56.6 Å². The lowest BCUT2D eigenvalue weighted by atomic mass is 9.77. The summed E-state index contributed by atoms with van der Waals surface area (Å²) in [5, 5.41) is 0.831. The summed E-state index contributed by atoms with van der Waals surface area (Å²) in [5.74, 6) is -0.157. The molecule has 7 rings (SSSR count). The molecule has 1 spiro atoms. The predicted molar refractivity (Wildman–Crippen MR) is 173 cm³/mol. The Morgan fingerprint density at radius 2 is 1.91 bits per heavy atom. The van der Waals surface area contributed by atoms with E-state index in [1.54, 1.807) is 16.7 Å². The molecular formula is C34H39F2N5O3S. The molecular weight excluding hydrogens is 596 g/mol. The monoisotopic (exact) mass is 635 g/mol. The third-order valence-corrected chi connectivity index (χ3v) is 11.5. The summed E-state index contributed by atoms with van der Waals surface area (Å²) in [4.78, 5) is 38.6. The molecule has 4 aliphatic heterocycles. The number of ether oxygens (including phenoxy) is 1. The van der Waals surface area contributed by atoms with Gasteiger partial charge in [0.1, 0.15) is 17.5 Å². The van der Waals surface area contributed by atoms with Crippen LogP contribution in [-0.4, -0.2) is 89.0 Å². The predicted octanol–water partition coefficient (Wildman–Crippen LogP) is 5.02. The number of halogens is 2. The minimum absolute atomic E-state index is 0.100. The number of anilines is 1. The summed E-state index contributed by atoms with van der Waals surface area (Å²) in [5.41, 5.74) is 2.56. The van der Waals surface area contributed by atoms with Gasteiger partial charge in [-0.05, 0) is 76.5 Å². The van der Waals surface area contributed by atoms with Gasteiger partial charge in [-0.3, -0.25) is 9.36 Å².